The van der Waals surface area contributed by atoms with Gasteiger partial charge in [-0.25, -0.2) is 19.3 Å². The minimum absolute atomic E-state index is 0.0523. The number of hydrogen-bond donors (Lipinski definition) is 2. The second-order valence-corrected chi connectivity index (χ2v) is 8.53. The van der Waals surface area contributed by atoms with Crippen molar-refractivity contribution in [3.63, 3.8) is 0 Å². The van der Waals surface area contributed by atoms with E-state index in [4.69, 9.17) is 4.74 Å². The number of aromatic nitrogens is 5. The van der Waals surface area contributed by atoms with E-state index in [1.807, 2.05) is 6.92 Å². The molecule has 0 aliphatic heterocycles. The molecule has 0 radical (unpaired) electrons. The molecular weight excluding hydrogens is 445 g/mol. The Labute approximate surface area is 195 Å². The molecule has 172 valence electrons. The largest absolute Gasteiger partial charge is 0.477 e. The molecule has 33 heavy (non-hydrogen) atoms. The molecule has 1 saturated carbocycles. The quantitative estimate of drug-likeness (QED) is 0.422. The maximum Gasteiger partial charge on any atom is 0.269 e. The first-order valence-electron chi connectivity index (χ1n) is 10.7. The van der Waals surface area contributed by atoms with Gasteiger partial charge in [0, 0.05) is 17.0 Å². The Bertz CT molecular complexity index is 1110. The number of alkyl halides is 1. The fourth-order valence-electron chi connectivity index (χ4n) is 2.93. The number of pyridine rings is 1. The van der Waals surface area contributed by atoms with Crippen molar-refractivity contribution < 1.29 is 13.9 Å². The third kappa shape index (κ3) is 5.54. The molecule has 0 aromatic carbocycles. The van der Waals surface area contributed by atoms with Crippen LogP contribution in [0.1, 0.15) is 38.8 Å². The van der Waals surface area contributed by atoms with E-state index < -0.39 is 11.6 Å². The number of anilines is 2. The van der Waals surface area contributed by atoms with Gasteiger partial charge in [-0.15, -0.1) is 0 Å². The SMILES string of the molecule is CCOc1cncc(-c2ccc(NC(=O)C(F)(CC)c3cncc(NSC4CC4)n3)nc2)n1. The second kappa shape index (κ2) is 10.1. The maximum atomic E-state index is 15.8. The standard InChI is InChI=1S/C22H24FN7O2S/c1-3-22(23,17-11-25-12-19(28-17)30-33-15-6-7-15)21(31)29-18-8-5-14(9-26-18)16-10-24-13-20(27-16)32-4-2/h5,8-13,15H,3-4,6-7H2,1-2H3,(H,28,30)(H,26,29,31). The summed E-state index contributed by atoms with van der Waals surface area (Å²) in [5.41, 5.74) is -1.15. The summed E-state index contributed by atoms with van der Waals surface area (Å²) in [5.74, 6) is 0.181. The minimum Gasteiger partial charge on any atom is -0.477 e. The molecule has 0 spiro atoms. The molecule has 1 aliphatic rings. The van der Waals surface area contributed by atoms with Crippen LogP contribution in [0.5, 0.6) is 5.88 Å². The Balaban J connectivity index is 1.47. The summed E-state index contributed by atoms with van der Waals surface area (Å²) < 4.78 is 24.2. The lowest BCUT2D eigenvalue weighted by Crippen LogP contribution is -2.37. The van der Waals surface area contributed by atoms with Gasteiger partial charge >= 0.3 is 0 Å². The van der Waals surface area contributed by atoms with Crippen LogP contribution in [0.2, 0.25) is 0 Å². The number of ether oxygens (including phenoxy) is 1. The van der Waals surface area contributed by atoms with Crippen LogP contribution in [0.25, 0.3) is 11.3 Å². The lowest BCUT2D eigenvalue weighted by molar-refractivity contribution is -0.128. The summed E-state index contributed by atoms with van der Waals surface area (Å²) >= 11 is 1.53. The van der Waals surface area contributed by atoms with Gasteiger partial charge in [0.05, 0.1) is 37.1 Å². The van der Waals surface area contributed by atoms with Gasteiger partial charge in [-0.3, -0.25) is 14.8 Å². The van der Waals surface area contributed by atoms with Crippen molar-refractivity contribution in [1.82, 2.24) is 24.9 Å². The lowest BCUT2D eigenvalue weighted by atomic mass is 9.97. The Morgan fingerprint density at radius 1 is 1.12 bits per heavy atom. The highest BCUT2D eigenvalue weighted by molar-refractivity contribution is 8.01. The molecule has 2 N–H and O–H groups in total. The third-order valence-corrected chi connectivity index (χ3v) is 6.08. The molecule has 1 fully saturated rings. The summed E-state index contributed by atoms with van der Waals surface area (Å²) in [5, 5.41) is 3.09. The van der Waals surface area contributed by atoms with Crippen LogP contribution in [0.15, 0.2) is 43.1 Å². The second-order valence-electron chi connectivity index (χ2n) is 7.43. The highest BCUT2D eigenvalue weighted by Crippen LogP contribution is 2.35. The normalized spacial score (nSPS) is 14.9. The predicted octanol–water partition coefficient (Wildman–Crippen LogP) is 4.16. The number of nitrogens with zero attached hydrogens (tertiary/aromatic N) is 5. The van der Waals surface area contributed by atoms with Crippen molar-refractivity contribution in [2.45, 2.75) is 44.0 Å². The van der Waals surface area contributed by atoms with E-state index >= 15 is 4.39 Å². The van der Waals surface area contributed by atoms with Gasteiger partial charge in [-0.2, -0.15) is 0 Å². The number of carbonyl (C=O) groups is 1. The van der Waals surface area contributed by atoms with E-state index in [-0.39, 0.29) is 17.9 Å². The van der Waals surface area contributed by atoms with Crippen molar-refractivity contribution in [3.8, 4) is 17.1 Å². The molecule has 4 rings (SSSR count). The summed E-state index contributed by atoms with van der Waals surface area (Å²) in [6.45, 7) is 3.92. The van der Waals surface area contributed by atoms with Gasteiger partial charge in [0.25, 0.3) is 5.91 Å². The fraction of sp³-hybridized carbons (Fsp3) is 0.364. The number of nitrogens with one attached hydrogen (secondary N) is 2. The first-order valence-corrected chi connectivity index (χ1v) is 11.6. The molecule has 0 bridgehead atoms. The first-order chi connectivity index (χ1) is 16.0. The Morgan fingerprint density at radius 3 is 2.64 bits per heavy atom. The number of hydrogen-bond acceptors (Lipinski definition) is 9. The Hall–Kier alpha value is -3.34. The molecule has 1 atom stereocenters. The molecule has 3 heterocycles. The van der Waals surface area contributed by atoms with Gasteiger partial charge in [-0.05, 0) is 50.3 Å². The van der Waals surface area contributed by atoms with Crippen LogP contribution < -0.4 is 14.8 Å². The number of rotatable bonds is 10. The molecule has 1 amide bonds. The van der Waals surface area contributed by atoms with Crippen molar-refractivity contribution >= 4 is 29.5 Å². The average Bonchev–Trinajstić information content (AvgIpc) is 3.68. The molecule has 3 aromatic heterocycles. The Kier molecular flexibility index (Phi) is 6.97. The van der Waals surface area contributed by atoms with Gasteiger partial charge in [-0.1, -0.05) is 6.92 Å². The Morgan fingerprint density at radius 2 is 1.94 bits per heavy atom. The van der Waals surface area contributed by atoms with Crippen molar-refractivity contribution in [3.05, 3.63) is 48.8 Å². The highest BCUT2D eigenvalue weighted by Gasteiger charge is 2.41. The summed E-state index contributed by atoms with van der Waals surface area (Å²) in [7, 11) is 0. The van der Waals surface area contributed by atoms with Gasteiger partial charge in [0.2, 0.25) is 11.5 Å². The molecular formula is C22H24FN7O2S. The van der Waals surface area contributed by atoms with Crippen LogP contribution in [0.4, 0.5) is 16.0 Å². The van der Waals surface area contributed by atoms with Crippen LogP contribution in [-0.4, -0.2) is 42.7 Å². The van der Waals surface area contributed by atoms with Crippen LogP contribution in [-0.2, 0) is 10.5 Å². The summed E-state index contributed by atoms with van der Waals surface area (Å²) in [4.78, 5) is 33.9. The number of halogens is 1. The summed E-state index contributed by atoms with van der Waals surface area (Å²) in [6, 6.07) is 3.29. The summed E-state index contributed by atoms with van der Waals surface area (Å²) in [6.07, 6.45) is 9.61. The van der Waals surface area contributed by atoms with Crippen molar-refractivity contribution in [2.24, 2.45) is 0 Å². The zero-order valence-corrected chi connectivity index (χ0v) is 19.1. The number of carbonyl (C=O) groups excluding carboxylic acids is 1. The third-order valence-electron chi connectivity index (χ3n) is 4.95. The zero-order valence-electron chi connectivity index (χ0n) is 18.3. The van der Waals surface area contributed by atoms with Gasteiger partial charge < -0.3 is 14.8 Å². The van der Waals surface area contributed by atoms with E-state index in [1.165, 1.54) is 36.7 Å². The van der Waals surface area contributed by atoms with Crippen LogP contribution >= 0.6 is 11.9 Å². The van der Waals surface area contributed by atoms with Gasteiger partial charge in [0.15, 0.2) is 5.82 Å². The smallest absolute Gasteiger partial charge is 0.269 e. The molecule has 1 unspecified atom stereocenters. The van der Waals surface area contributed by atoms with E-state index in [0.717, 1.165) is 12.8 Å². The fourth-order valence-corrected chi connectivity index (χ4v) is 3.69. The lowest BCUT2D eigenvalue weighted by Gasteiger charge is -2.22. The molecule has 0 saturated heterocycles. The monoisotopic (exact) mass is 469 g/mol. The average molecular weight is 470 g/mol. The van der Waals surface area contributed by atoms with E-state index in [2.05, 4.69) is 35.0 Å². The van der Waals surface area contributed by atoms with E-state index in [1.54, 1.807) is 25.3 Å². The topological polar surface area (TPSA) is 115 Å². The van der Waals surface area contributed by atoms with E-state index in [9.17, 15) is 4.79 Å². The first kappa shape index (κ1) is 22.8. The molecule has 9 nitrogen and oxygen atoms in total. The molecule has 1 aliphatic carbocycles. The van der Waals surface area contributed by atoms with Crippen LogP contribution in [0.3, 0.4) is 0 Å². The molecule has 3 aromatic rings. The molecule has 11 heteroatoms. The minimum atomic E-state index is -2.35. The van der Waals surface area contributed by atoms with Crippen LogP contribution in [0, 0.1) is 0 Å². The van der Waals surface area contributed by atoms with Crippen molar-refractivity contribution in [2.75, 3.05) is 16.6 Å². The zero-order chi connectivity index (χ0) is 23.3. The number of amides is 1. The van der Waals surface area contributed by atoms with Crippen molar-refractivity contribution in [1.29, 1.82) is 0 Å². The predicted molar refractivity (Wildman–Crippen MR) is 124 cm³/mol. The van der Waals surface area contributed by atoms with Gasteiger partial charge in [0.1, 0.15) is 11.5 Å². The van der Waals surface area contributed by atoms with E-state index in [0.29, 0.717) is 34.8 Å². The maximum absolute atomic E-state index is 15.8. The highest BCUT2D eigenvalue weighted by atomic mass is 32.2.